The van der Waals surface area contributed by atoms with Gasteiger partial charge in [0.25, 0.3) is 0 Å². The molecule has 0 radical (unpaired) electrons. The zero-order chi connectivity index (χ0) is 15.5. The van der Waals surface area contributed by atoms with Crippen LogP contribution in [0, 0.1) is 0 Å². The van der Waals surface area contributed by atoms with E-state index < -0.39 is 22.2 Å². The summed E-state index contributed by atoms with van der Waals surface area (Å²) < 4.78 is 26.1. The standard InChI is InChI=1S/C17H17NO3S/c1-22(20,21)18-16-14-10-6-2-4-8-12(10)15(17(16)19)13-9-5-3-7-11(13)14/h2-9,14-19H,1H3/t14?,15?,16-,17+/m1/s1. The summed E-state index contributed by atoms with van der Waals surface area (Å²) in [4.78, 5) is 0. The molecule has 0 amide bonds. The number of hydrogen-bond acceptors (Lipinski definition) is 3. The van der Waals surface area contributed by atoms with Gasteiger partial charge in [0.2, 0.25) is 10.0 Å². The van der Waals surface area contributed by atoms with Crippen molar-refractivity contribution in [2.75, 3.05) is 6.26 Å². The van der Waals surface area contributed by atoms with Gasteiger partial charge in [-0.15, -0.1) is 0 Å². The molecule has 2 N–H and O–H groups in total. The van der Waals surface area contributed by atoms with E-state index in [1.54, 1.807) is 0 Å². The number of nitrogens with one attached hydrogen (secondary N) is 1. The second-order valence-corrected chi connectivity index (χ2v) is 7.90. The highest BCUT2D eigenvalue weighted by Crippen LogP contribution is 2.52. The SMILES string of the molecule is CS(=O)(=O)N[C@@H]1C2c3ccccc3C(c3ccccc32)[C@@H]1O. The molecule has 3 aliphatic carbocycles. The van der Waals surface area contributed by atoms with Crippen molar-refractivity contribution in [3.8, 4) is 0 Å². The van der Waals surface area contributed by atoms with E-state index in [4.69, 9.17) is 0 Å². The minimum Gasteiger partial charge on any atom is -0.390 e. The minimum absolute atomic E-state index is 0.151. The first-order valence-corrected chi connectivity index (χ1v) is 9.19. The third-order valence-corrected chi connectivity index (χ3v) is 5.45. The molecule has 5 rings (SSSR count). The largest absolute Gasteiger partial charge is 0.390 e. The van der Waals surface area contributed by atoms with E-state index in [1.165, 1.54) is 0 Å². The van der Waals surface area contributed by atoms with Crippen LogP contribution in [0.25, 0.3) is 0 Å². The second-order valence-electron chi connectivity index (χ2n) is 6.12. The van der Waals surface area contributed by atoms with Crippen LogP contribution in [0.2, 0.25) is 0 Å². The number of fused-ring (bicyclic) bond motifs is 1. The van der Waals surface area contributed by atoms with E-state index >= 15 is 0 Å². The first-order chi connectivity index (χ1) is 10.5. The van der Waals surface area contributed by atoms with Crippen molar-refractivity contribution in [1.82, 2.24) is 4.72 Å². The van der Waals surface area contributed by atoms with Crippen LogP contribution in [0.4, 0.5) is 0 Å². The topological polar surface area (TPSA) is 66.4 Å². The van der Waals surface area contributed by atoms with Crippen LogP contribution < -0.4 is 4.72 Å². The van der Waals surface area contributed by atoms with Gasteiger partial charge in [-0.05, 0) is 22.3 Å². The Morgan fingerprint density at radius 3 is 1.68 bits per heavy atom. The van der Waals surface area contributed by atoms with Gasteiger partial charge in [0.1, 0.15) is 0 Å². The van der Waals surface area contributed by atoms with Gasteiger partial charge in [0, 0.05) is 11.8 Å². The number of hydrogen-bond donors (Lipinski definition) is 2. The quantitative estimate of drug-likeness (QED) is 0.884. The van der Waals surface area contributed by atoms with Gasteiger partial charge >= 0.3 is 0 Å². The van der Waals surface area contributed by atoms with Gasteiger partial charge < -0.3 is 5.11 Å². The Morgan fingerprint density at radius 1 is 0.864 bits per heavy atom. The fourth-order valence-electron chi connectivity index (χ4n) is 4.03. The minimum atomic E-state index is -3.39. The number of sulfonamides is 1. The summed E-state index contributed by atoms with van der Waals surface area (Å²) in [7, 11) is -3.39. The maximum Gasteiger partial charge on any atom is 0.209 e. The lowest BCUT2D eigenvalue weighted by Crippen LogP contribution is -2.55. The highest BCUT2D eigenvalue weighted by Gasteiger charge is 2.49. The monoisotopic (exact) mass is 315 g/mol. The zero-order valence-electron chi connectivity index (χ0n) is 12.1. The van der Waals surface area contributed by atoms with Gasteiger partial charge in [-0.1, -0.05) is 48.5 Å². The Labute approximate surface area is 129 Å². The van der Waals surface area contributed by atoms with E-state index in [2.05, 4.69) is 4.72 Å². The normalized spacial score (nSPS) is 29.0. The van der Waals surface area contributed by atoms with Crippen LogP contribution in [0.3, 0.4) is 0 Å². The number of aliphatic hydroxyl groups is 1. The maximum absolute atomic E-state index is 11.7. The zero-order valence-corrected chi connectivity index (χ0v) is 12.9. The second kappa shape index (κ2) is 4.65. The molecule has 2 aromatic carbocycles. The molecule has 3 aliphatic rings. The predicted molar refractivity (Wildman–Crippen MR) is 84.3 cm³/mol. The molecule has 0 aromatic heterocycles. The van der Waals surface area contributed by atoms with Crippen molar-refractivity contribution in [2.24, 2.45) is 0 Å². The van der Waals surface area contributed by atoms with Gasteiger partial charge in [-0.2, -0.15) is 0 Å². The molecule has 0 fully saturated rings. The summed E-state index contributed by atoms with van der Waals surface area (Å²) >= 11 is 0. The predicted octanol–water partition coefficient (Wildman–Crippen LogP) is 1.56. The number of aliphatic hydroxyl groups excluding tert-OH is 1. The molecule has 4 nitrogen and oxygen atoms in total. The van der Waals surface area contributed by atoms with Crippen molar-refractivity contribution in [3.05, 3.63) is 70.8 Å². The molecular formula is C17H17NO3S. The average molecular weight is 315 g/mol. The molecule has 114 valence electrons. The van der Waals surface area contributed by atoms with Gasteiger partial charge in [-0.3, -0.25) is 0 Å². The summed E-state index contributed by atoms with van der Waals surface area (Å²) in [6.45, 7) is 0. The Kier molecular flexibility index (Phi) is 2.95. The van der Waals surface area contributed by atoms with E-state index in [1.807, 2.05) is 48.5 Å². The molecule has 2 bridgehead atoms. The first-order valence-electron chi connectivity index (χ1n) is 7.30. The highest BCUT2D eigenvalue weighted by atomic mass is 32.2. The van der Waals surface area contributed by atoms with Crippen LogP contribution in [0.1, 0.15) is 34.1 Å². The molecular weight excluding hydrogens is 298 g/mol. The summed E-state index contributed by atoms with van der Waals surface area (Å²) in [6.07, 6.45) is 0.379. The summed E-state index contributed by atoms with van der Waals surface area (Å²) in [6, 6.07) is 15.5. The van der Waals surface area contributed by atoms with Crippen LogP contribution in [-0.2, 0) is 10.0 Å². The van der Waals surface area contributed by atoms with Gasteiger partial charge in [0.05, 0.1) is 18.4 Å². The van der Waals surface area contributed by atoms with Crippen molar-refractivity contribution >= 4 is 10.0 Å². The molecule has 0 spiro atoms. The molecule has 5 heteroatoms. The lowest BCUT2D eigenvalue weighted by atomic mass is 9.60. The van der Waals surface area contributed by atoms with Crippen LogP contribution in [0.15, 0.2) is 48.5 Å². The highest BCUT2D eigenvalue weighted by molar-refractivity contribution is 7.88. The Morgan fingerprint density at radius 2 is 1.27 bits per heavy atom. The lowest BCUT2D eigenvalue weighted by Gasteiger charge is -2.48. The molecule has 0 aliphatic heterocycles. The van der Waals surface area contributed by atoms with Crippen LogP contribution >= 0.6 is 0 Å². The molecule has 22 heavy (non-hydrogen) atoms. The maximum atomic E-state index is 11.7. The number of benzene rings is 2. The number of rotatable bonds is 2. The lowest BCUT2D eigenvalue weighted by molar-refractivity contribution is 0.0947. The summed E-state index contributed by atoms with van der Waals surface area (Å²) in [5, 5.41) is 10.8. The Balaban J connectivity index is 1.95. The molecule has 2 atom stereocenters. The average Bonchev–Trinajstić information content (AvgIpc) is 2.48. The molecule has 0 unspecified atom stereocenters. The summed E-state index contributed by atoms with van der Waals surface area (Å²) in [5.41, 5.74) is 4.42. The van der Waals surface area contributed by atoms with E-state index in [9.17, 15) is 13.5 Å². The van der Waals surface area contributed by atoms with Crippen molar-refractivity contribution in [3.63, 3.8) is 0 Å². The van der Waals surface area contributed by atoms with Crippen LogP contribution in [0.5, 0.6) is 0 Å². The third-order valence-electron chi connectivity index (χ3n) is 4.75. The van der Waals surface area contributed by atoms with E-state index in [0.29, 0.717) is 0 Å². The van der Waals surface area contributed by atoms with Gasteiger partial charge in [-0.25, -0.2) is 13.1 Å². The van der Waals surface area contributed by atoms with Crippen molar-refractivity contribution in [1.29, 1.82) is 0 Å². The smallest absolute Gasteiger partial charge is 0.209 e. The Bertz CT molecular complexity index is 799. The first kappa shape index (κ1) is 13.9. The van der Waals surface area contributed by atoms with Gasteiger partial charge in [0.15, 0.2) is 0 Å². The molecule has 2 aromatic rings. The Hall–Kier alpha value is -1.69. The van der Waals surface area contributed by atoms with Crippen molar-refractivity contribution in [2.45, 2.75) is 24.0 Å². The fourth-order valence-corrected chi connectivity index (χ4v) is 4.80. The third kappa shape index (κ3) is 1.93. The van der Waals surface area contributed by atoms with Crippen molar-refractivity contribution < 1.29 is 13.5 Å². The van der Waals surface area contributed by atoms with E-state index in [-0.39, 0.29) is 11.8 Å². The molecule has 0 heterocycles. The van der Waals surface area contributed by atoms with Crippen LogP contribution in [-0.4, -0.2) is 31.9 Å². The summed E-state index contributed by atoms with van der Waals surface area (Å²) in [5.74, 6) is -0.334. The molecule has 0 saturated heterocycles. The van der Waals surface area contributed by atoms with E-state index in [0.717, 1.165) is 28.5 Å². The molecule has 0 saturated carbocycles. The fraction of sp³-hybridized carbons (Fsp3) is 0.294.